The van der Waals surface area contributed by atoms with Gasteiger partial charge in [0, 0.05) is 37.0 Å². The van der Waals surface area contributed by atoms with Crippen molar-refractivity contribution in [1.29, 1.82) is 0 Å². The molecule has 1 N–H and O–H groups in total. The third kappa shape index (κ3) is 2.28. The van der Waals surface area contributed by atoms with E-state index >= 15 is 0 Å². The lowest BCUT2D eigenvalue weighted by molar-refractivity contribution is -0.268. The van der Waals surface area contributed by atoms with E-state index in [9.17, 15) is 5.11 Å². The lowest BCUT2D eigenvalue weighted by atomic mass is 9.56. The highest BCUT2D eigenvalue weighted by Gasteiger charge is 2.64. The number of rotatable bonds is 5. The van der Waals surface area contributed by atoms with Crippen molar-refractivity contribution in [1.82, 2.24) is 9.80 Å². The van der Waals surface area contributed by atoms with E-state index in [-0.39, 0.29) is 16.9 Å². The Morgan fingerprint density at radius 3 is 2.00 bits per heavy atom. The molecule has 4 heterocycles. The summed E-state index contributed by atoms with van der Waals surface area (Å²) in [5.74, 6) is 0. The summed E-state index contributed by atoms with van der Waals surface area (Å²) in [6, 6.07) is 9.01. The molecule has 3 heteroatoms. The summed E-state index contributed by atoms with van der Waals surface area (Å²) in [5, 5.41) is 11.3. The molecular formula is C21H32N2O. The zero-order chi connectivity index (χ0) is 16.9. The van der Waals surface area contributed by atoms with Gasteiger partial charge in [-0.15, -0.1) is 0 Å². The standard InChI is InChI=1S/C21H32N2O/c1-4-9-20-12-22-14-21(10-5-2,19(20)24)15-23(13-20)18(22)17-8-6-7-16(3)11-17/h6-8,11,18-19,24H,4-5,9-10,12-15H2,1-3H3. The topological polar surface area (TPSA) is 26.7 Å². The van der Waals surface area contributed by atoms with E-state index in [2.05, 4.69) is 54.8 Å². The number of hydrogen-bond acceptors (Lipinski definition) is 3. The summed E-state index contributed by atoms with van der Waals surface area (Å²) in [7, 11) is 0. The molecule has 0 amide bonds. The van der Waals surface area contributed by atoms with E-state index in [1.165, 1.54) is 11.1 Å². The first kappa shape index (κ1) is 16.6. The van der Waals surface area contributed by atoms with Gasteiger partial charge in [0.2, 0.25) is 0 Å². The highest BCUT2D eigenvalue weighted by Crippen LogP contribution is 2.57. The van der Waals surface area contributed by atoms with Crippen molar-refractivity contribution in [3.63, 3.8) is 0 Å². The first-order chi connectivity index (χ1) is 11.5. The molecular weight excluding hydrogens is 296 g/mol. The average Bonchev–Trinajstić information content (AvgIpc) is 2.52. The summed E-state index contributed by atoms with van der Waals surface area (Å²) >= 11 is 0. The summed E-state index contributed by atoms with van der Waals surface area (Å²) in [6.07, 6.45) is 4.90. The van der Waals surface area contributed by atoms with Crippen LogP contribution in [0.15, 0.2) is 24.3 Å². The maximum Gasteiger partial charge on any atom is 0.0887 e. The zero-order valence-electron chi connectivity index (χ0n) is 15.5. The number of piperidine rings is 2. The maximum absolute atomic E-state index is 11.3. The fourth-order valence-electron chi connectivity index (χ4n) is 6.24. The molecule has 4 aliphatic heterocycles. The van der Waals surface area contributed by atoms with Gasteiger partial charge >= 0.3 is 0 Å². The number of aryl methyl sites for hydroxylation is 1. The molecule has 0 unspecified atom stereocenters. The van der Waals surface area contributed by atoms with Crippen LogP contribution in [0.3, 0.4) is 0 Å². The van der Waals surface area contributed by atoms with Gasteiger partial charge in [-0.05, 0) is 25.3 Å². The van der Waals surface area contributed by atoms with Crippen LogP contribution in [0.25, 0.3) is 0 Å². The largest absolute Gasteiger partial charge is 0.392 e. The smallest absolute Gasteiger partial charge is 0.0887 e. The Labute approximate surface area is 146 Å². The van der Waals surface area contributed by atoms with Crippen LogP contribution < -0.4 is 0 Å². The Bertz CT molecular complexity index is 572. The molecule has 0 radical (unpaired) electrons. The van der Waals surface area contributed by atoms with Crippen LogP contribution in [0.5, 0.6) is 0 Å². The highest BCUT2D eigenvalue weighted by molar-refractivity contribution is 5.28. The van der Waals surface area contributed by atoms with Crippen molar-refractivity contribution < 1.29 is 5.11 Å². The van der Waals surface area contributed by atoms with E-state index in [4.69, 9.17) is 0 Å². The molecule has 4 saturated heterocycles. The van der Waals surface area contributed by atoms with Crippen molar-refractivity contribution >= 4 is 0 Å². The highest BCUT2D eigenvalue weighted by atomic mass is 16.3. The lowest BCUT2D eigenvalue weighted by Crippen LogP contribution is -2.78. The minimum absolute atomic E-state index is 0.0841. The molecule has 132 valence electrons. The van der Waals surface area contributed by atoms with E-state index in [1.807, 2.05) is 0 Å². The van der Waals surface area contributed by atoms with Gasteiger partial charge in [0.1, 0.15) is 0 Å². The lowest BCUT2D eigenvalue weighted by Gasteiger charge is -2.70. The SMILES string of the molecule is CCCC12CN3CC(CCC)(CN(C1)C3c1cccc(C)c1)C2O. The fourth-order valence-corrected chi connectivity index (χ4v) is 6.24. The first-order valence-corrected chi connectivity index (χ1v) is 9.76. The summed E-state index contributed by atoms with van der Waals surface area (Å²) in [5.41, 5.74) is 2.94. The Morgan fingerprint density at radius 1 is 1.00 bits per heavy atom. The molecule has 0 spiro atoms. The van der Waals surface area contributed by atoms with Gasteiger partial charge < -0.3 is 5.11 Å². The molecule has 1 aromatic rings. The van der Waals surface area contributed by atoms with Gasteiger partial charge in [0.25, 0.3) is 0 Å². The number of aliphatic hydroxyl groups excluding tert-OH is 1. The van der Waals surface area contributed by atoms with E-state index < -0.39 is 0 Å². The molecule has 5 rings (SSSR count). The van der Waals surface area contributed by atoms with Crippen molar-refractivity contribution in [2.45, 2.75) is 58.7 Å². The van der Waals surface area contributed by atoms with E-state index in [0.29, 0.717) is 6.17 Å². The molecule has 24 heavy (non-hydrogen) atoms. The summed E-state index contributed by atoms with van der Waals surface area (Å²) in [6.45, 7) is 10.9. The van der Waals surface area contributed by atoms with Gasteiger partial charge in [0.05, 0.1) is 12.3 Å². The van der Waals surface area contributed by atoms with Crippen molar-refractivity contribution in [2.75, 3.05) is 26.2 Å². The molecule has 1 aromatic carbocycles. The second kappa shape index (κ2) is 5.82. The second-order valence-corrected chi connectivity index (χ2v) is 8.73. The molecule has 0 aromatic heterocycles. The van der Waals surface area contributed by atoms with E-state index in [1.54, 1.807) is 0 Å². The third-order valence-corrected chi connectivity index (χ3v) is 6.76. The summed E-state index contributed by atoms with van der Waals surface area (Å²) < 4.78 is 0. The van der Waals surface area contributed by atoms with Gasteiger partial charge in [0.15, 0.2) is 0 Å². The Morgan fingerprint density at radius 2 is 1.54 bits per heavy atom. The van der Waals surface area contributed by atoms with Gasteiger partial charge in [-0.3, -0.25) is 9.80 Å². The second-order valence-electron chi connectivity index (χ2n) is 8.73. The predicted molar refractivity (Wildman–Crippen MR) is 97.8 cm³/mol. The number of nitrogens with zero attached hydrogens (tertiary/aromatic N) is 2. The van der Waals surface area contributed by atoms with E-state index in [0.717, 1.165) is 51.9 Å². The van der Waals surface area contributed by atoms with Crippen LogP contribution in [-0.4, -0.2) is 47.2 Å². The van der Waals surface area contributed by atoms with Crippen LogP contribution in [0.4, 0.5) is 0 Å². The van der Waals surface area contributed by atoms with Gasteiger partial charge in [-0.1, -0.05) is 56.5 Å². The van der Waals surface area contributed by atoms with Crippen LogP contribution in [0, 0.1) is 17.8 Å². The molecule has 4 fully saturated rings. The van der Waals surface area contributed by atoms with Gasteiger partial charge in [-0.25, -0.2) is 0 Å². The fraction of sp³-hybridized carbons (Fsp3) is 0.714. The number of benzene rings is 1. The van der Waals surface area contributed by atoms with Crippen molar-refractivity contribution in [3.05, 3.63) is 35.4 Å². The minimum Gasteiger partial charge on any atom is -0.392 e. The molecule has 4 aliphatic rings. The minimum atomic E-state index is -0.129. The Hall–Kier alpha value is -0.900. The zero-order valence-corrected chi connectivity index (χ0v) is 15.5. The average molecular weight is 329 g/mol. The monoisotopic (exact) mass is 328 g/mol. The number of hydrogen-bond donors (Lipinski definition) is 1. The summed E-state index contributed by atoms with van der Waals surface area (Å²) in [4.78, 5) is 5.36. The third-order valence-electron chi connectivity index (χ3n) is 6.76. The van der Waals surface area contributed by atoms with Crippen molar-refractivity contribution in [3.8, 4) is 0 Å². The quantitative estimate of drug-likeness (QED) is 0.895. The molecule has 3 nitrogen and oxygen atoms in total. The molecule has 4 bridgehead atoms. The molecule has 0 aliphatic carbocycles. The predicted octanol–water partition coefficient (Wildman–Crippen LogP) is 3.57. The number of aliphatic hydroxyl groups is 1. The van der Waals surface area contributed by atoms with Crippen LogP contribution in [0.1, 0.15) is 56.8 Å². The molecule has 0 saturated carbocycles. The van der Waals surface area contributed by atoms with Crippen molar-refractivity contribution in [2.24, 2.45) is 10.8 Å². The maximum atomic E-state index is 11.3. The van der Waals surface area contributed by atoms with Crippen LogP contribution in [-0.2, 0) is 0 Å². The Balaban J connectivity index is 1.72. The Kier molecular flexibility index (Phi) is 4.02. The van der Waals surface area contributed by atoms with Crippen LogP contribution >= 0.6 is 0 Å². The van der Waals surface area contributed by atoms with Gasteiger partial charge in [-0.2, -0.15) is 0 Å². The normalized spacial score (nSPS) is 43.3. The van der Waals surface area contributed by atoms with Crippen LogP contribution in [0.2, 0.25) is 0 Å². The molecule has 0 atom stereocenters. The first-order valence-electron chi connectivity index (χ1n) is 9.76.